The Balaban J connectivity index is 1.25. The third-order valence-corrected chi connectivity index (χ3v) is 6.58. The first kappa shape index (κ1) is 24.0. The molecule has 9 heteroatoms. The Labute approximate surface area is 201 Å². The topological polar surface area (TPSA) is 64.7 Å². The van der Waals surface area contributed by atoms with Gasteiger partial charge in [-0.3, -0.25) is 19.4 Å². The zero-order chi connectivity index (χ0) is 23.9. The molecule has 1 aliphatic heterocycles. The van der Waals surface area contributed by atoms with Crippen molar-refractivity contribution < 1.29 is 18.4 Å². The van der Waals surface area contributed by atoms with Crippen LogP contribution in [-0.4, -0.2) is 60.9 Å². The highest BCUT2D eigenvalue weighted by Crippen LogP contribution is 2.26. The number of amides is 2. The van der Waals surface area contributed by atoms with Gasteiger partial charge in [-0.1, -0.05) is 24.3 Å². The predicted octanol–water partition coefficient (Wildman–Crippen LogP) is 3.49. The molecule has 1 unspecified atom stereocenters. The Morgan fingerprint density at radius 2 is 1.53 bits per heavy atom. The van der Waals surface area contributed by atoms with E-state index in [-0.39, 0.29) is 36.8 Å². The largest absolute Gasteiger partial charge is 0.343 e. The molecule has 6 nitrogen and oxygen atoms in total. The lowest BCUT2D eigenvalue weighted by Crippen LogP contribution is -2.51. The van der Waals surface area contributed by atoms with E-state index < -0.39 is 5.82 Å². The van der Waals surface area contributed by atoms with E-state index in [2.05, 4.69) is 10.6 Å². The maximum Gasteiger partial charge on any atom is 0.238 e. The van der Waals surface area contributed by atoms with Crippen molar-refractivity contribution >= 4 is 28.8 Å². The monoisotopic (exact) mass is 484 g/mol. The molecule has 0 aliphatic carbocycles. The molecule has 0 spiro atoms. The Morgan fingerprint density at radius 1 is 0.853 bits per heavy atom. The quantitative estimate of drug-likeness (QED) is 0.514. The first-order chi connectivity index (χ1) is 16.5. The van der Waals surface area contributed by atoms with Gasteiger partial charge in [-0.15, -0.1) is 11.3 Å². The molecule has 178 valence electrons. The summed E-state index contributed by atoms with van der Waals surface area (Å²) in [4.78, 5) is 30.1. The second kappa shape index (κ2) is 11.3. The van der Waals surface area contributed by atoms with Crippen LogP contribution in [0, 0.1) is 11.6 Å². The summed E-state index contributed by atoms with van der Waals surface area (Å²) in [5, 5.41) is 7.73. The molecule has 1 aromatic heterocycles. The molecule has 1 saturated heterocycles. The SMILES string of the molecule is O=C(CN1CCN(CC(=O)NC(c2ccc(F)cc2)c2cccs2)CC1)Nc1cccc(F)c1. The van der Waals surface area contributed by atoms with Crippen LogP contribution >= 0.6 is 11.3 Å². The Kier molecular flexibility index (Phi) is 7.99. The lowest BCUT2D eigenvalue weighted by molar-refractivity contribution is -0.124. The fraction of sp³-hybridized carbons (Fsp3) is 0.280. The highest BCUT2D eigenvalue weighted by atomic mass is 32.1. The molecule has 0 bridgehead atoms. The maximum atomic E-state index is 13.4. The van der Waals surface area contributed by atoms with Gasteiger partial charge in [0.05, 0.1) is 19.1 Å². The maximum absolute atomic E-state index is 13.4. The van der Waals surface area contributed by atoms with Crippen LogP contribution in [0.15, 0.2) is 66.0 Å². The highest BCUT2D eigenvalue weighted by molar-refractivity contribution is 7.10. The first-order valence-electron chi connectivity index (χ1n) is 11.0. The van der Waals surface area contributed by atoms with E-state index in [4.69, 9.17) is 0 Å². The van der Waals surface area contributed by atoms with Crippen molar-refractivity contribution in [2.45, 2.75) is 6.04 Å². The molecule has 0 radical (unpaired) electrons. The predicted molar refractivity (Wildman–Crippen MR) is 129 cm³/mol. The Hall–Kier alpha value is -3.14. The second-order valence-electron chi connectivity index (χ2n) is 8.18. The average Bonchev–Trinajstić information content (AvgIpc) is 3.34. The Bertz CT molecular complexity index is 1100. The van der Waals surface area contributed by atoms with Gasteiger partial charge in [-0.25, -0.2) is 8.78 Å². The van der Waals surface area contributed by atoms with Gasteiger partial charge in [0.1, 0.15) is 11.6 Å². The molecule has 1 aliphatic rings. The number of rotatable bonds is 8. The van der Waals surface area contributed by atoms with E-state index in [0.29, 0.717) is 31.9 Å². The van der Waals surface area contributed by atoms with Crippen LogP contribution in [0.25, 0.3) is 0 Å². The van der Waals surface area contributed by atoms with Crippen molar-refractivity contribution in [2.24, 2.45) is 0 Å². The average molecular weight is 485 g/mol. The van der Waals surface area contributed by atoms with Crippen LogP contribution in [0.4, 0.5) is 14.5 Å². The number of hydrogen-bond acceptors (Lipinski definition) is 5. The molecular weight excluding hydrogens is 458 g/mol. The van der Waals surface area contributed by atoms with Gasteiger partial charge < -0.3 is 10.6 Å². The van der Waals surface area contributed by atoms with Gasteiger partial charge in [0.15, 0.2) is 0 Å². The molecule has 1 fully saturated rings. The fourth-order valence-corrected chi connectivity index (χ4v) is 4.72. The van der Waals surface area contributed by atoms with E-state index in [0.717, 1.165) is 10.4 Å². The van der Waals surface area contributed by atoms with Crippen LogP contribution in [0.1, 0.15) is 16.5 Å². The smallest absolute Gasteiger partial charge is 0.238 e. The van der Waals surface area contributed by atoms with Crippen LogP contribution in [0.5, 0.6) is 0 Å². The third kappa shape index (κ3) is 6.69. The van der Waals surface area contributed by atoms with Crippen molar-refractivity contribution in [1.82, 2.24) is 15.1 Å². The Morgan fingerprint density at radius 3 is 2.15 bits per heavy atom. The van der Waals surface area contributed by atoms with E-state index in [1.807, 2.05) is 27.3 Å². The van der Waals surface area contributed by atoms with Crippen molar-refractivity contribution in [1.29, 1.82) is 0 Å². The van der Waals surface area contributed by atoms with Crippen molar-refractivity contribution in [2.75, 3.05) is 44.6 Å². The van der Waals surface area contributed by atoms with Gasteiger partial charge in [-0.05, 0) is 47.3 Å². The van der Waals surface area contributed by atoms with Crippen molar-refractivity contribution in [3.8, 4) is 0 Å². The van der Waals surface area contributed by atoms with Crippen molar-refractivity contribution in [3.63, 3.8) is 0 Å². The van der Waals surface area contributed by atoms with Crippen LogP contribution in [-0.2, 0) is 9.59 Å². The summed E-state index contributed by atoms with van der Waals surface area (Å²) < 4.78 is 26.6. The number of anilines is 1. The molecule has 2 amide bonds. The minimum Gasteiger partial charge on any atom is -0.343 e. The minimum absolute atomic E-state index is 0.111. The number of carbonyl (C=O) groups excluding carboxylic acids is 2. The number of piperazine rings is 1. The number of carbonyl (C=O) groups is 2. The zero-order valence-corrected chi connectivity index (χ0v) is 19.4. The summed E-state index contributed by atoms with van der Waals surface area (Å²) in [6.07, 6.45) is 0. The fourth-order valence-electron chi connectivity index (χ4n) is 3.91. The summed E-state index contributed by atoms with van der Waals surface area (Å²) >= 11 is 1.54. The van der Waals surface area contributed by atoms with Gasteiger partial charge in [0.2, 0.25) is 11.8 Å². The van der Waals surface area contributed by atoms with Gasteiger partial charge in [-0.2, -0.15) is 0 Å². The summed E-state index contributed by atoms with van der Waals surface area (Å²) in [7, 11) is 0. The third-order valence-electron chi connectivity index (χ3n) is 5.64. The summed E-state index contributed by atoms with van der Waals surface area (Å²) in [6, 6.07) is 15.5. The van der Waals surface area contributed by atoms with Gasteiger partial charge in [0, 0.05) is 36.7 Å². The highest BCUT2D eigenvalue weighted by Gasteiger charge is 2.23. The number of nitrogens with zero attached hydrogens (tertiary/aromatic N) is 2. The minimum atomic E-state index is -0.398. The van der Waals surface area contributed by atoms with Crippen molar-refractivity contribution in [3.05, 3.63) is 88.1 Å². The summed E-state index contributed by atoms with van der Waals surface area (Å²) in [6.45, 7) is 3.06. The molecule has 1 atom stereocenters. The van der Waals surface area contributed by atoms with Crippen LogP contribution < -0.4 is 10.6 Å². The standard InChI is InChI=1S/C25H26F2N4O2S/c26-19-8-6-18(7-9-19)25(22-5-2-14-34-22)29-24(33)17-31-12-10-30(11-13-31)16-23(32)28-21-4-1-3-20(27)15-21/h1-9,14-15,25H,10-13,16-17H2,(H,28,32)(H,29,33). The first-order valence-corrected chi connectivity index (χ1v) is 11.9. The summed E-state index contributed by atoms with van der Waals surface area (Å²) in [5.41, 5.74) is 1.26. The zero-order valence-electron chi connectivity index (χ0n) is 18.5. The lowest BCUT2D eigenvalue weighted by atomic mass is 10.1. The van der Waals surface area contributed by atoms with Crippen LogP contribution in [0.3, 0.4) is 0 Å². The number of nitrogens with one attached hydrogen (secondary N) is 2. The van der Waals surface area contributed by atoms with Gasteiger partial charge in [0.25, 0.3) is 0 Å². The molecule has 2 heterocycles. The molecule has 3 aromatic rings. The molecular formula is C25H26F2N4O2S. The number of thiophene rings is 1. The summed E-state index contributed by atoms with van der Waals surface area (Å²) in [5.74, 6) is -1.03. The van der Waals surface area contributed by atoms with Crippen LogP contribution in [0.2, 0.25) is 0 Å². The molecule has 34 heavy (non-hydrogen) atoms. The normalized spacial score (nSPS) is 15.6. The number of benzene rings is 2. The van der Waals surface area contributed by atoms with E-state index in [9.17, 15) is 18.4 Å². The molecule has 2 aromatic carbocycles. The number of halogens is 2. The van der Waals surface area contributed by atoms with E-state index in [1.54, 1.807) is 24.3 Å². The molecule has 4 rings (SSSR count). The molecule has 2 N–H and O–H groups in total. The second-order valence-corrected chi connectivity index (χ2v) is 9.16. The van der Waals surface area contributed by atoms with E-state index in [1.165, 1.54) is 35.6 Å². The lowest BCUT2D eigenvalue weighted by Gasteiger charge is -2.34. The molecule has 0 saturated carbocycles. The van der Waals surface area contributed by atoms with E-state index >= 15 is 0 Å². The number of hydrogen-bond donors (Lipinski definition) is 2. The van der Waals surface area contributed by atoms with Gasteiger partial charge >= 0.3 is 0 Å².